The molecular formula is C23H23F2N3O3. The summed E-state index contributed by atoms with van der Waals surface area (Å²) < 4.78 is 34.9. The molecule has 0 atom stereocenters. The fraction of sp³-hybridized carbons (Fsp3) is 0.304. The highest BCUT2D eigenvalue weighted by Gasteiger charge is 2.25. The first-order valence-electron chi connectivity index (χ1n) is 9.61. The van der Waals surface area contributed by atoms with Crippen LogP contribution in [0.1, 0.15) is 38.8 Å². The molecule has 0 aliphatic carbocycles. The van der Waals surface area contributed by atoms with Gasteiger partial charge in [0.2, 0.25) is 5.82 Å². The maximum atomic E-state index is 15.0. The van der Waals surface area contributed by atoms with Crippen molar-refractivity contribution >= 4 is 28.6 Å². The van der Waals surface area contributed by atoms with Gasteiger partial charge in [-0.05, 0) is 64.4 Å². The van der Waals surface area contributed by atoms with Crippen LogP contribution in [-0.2, 0) is 9.59 Å². The number of fused-ring (bicyclic) bond motifs is 1. The van der Waals surface area contributed by atoms with Gasteiger partial charge in [0.15, 0.2) is 11.6 Å². The van der Waals surface area contributed by atoms with Crippen molar-refractivity contribution < 1.29 is 23.1 Å². The third-order valence-corrected chi connectivity index (χ3v) is 4.57. The van der Waals surface area contributed by atoms with E-state index in [9.17, 15) is 8.78 Å². The molecule has 0 saturated heterocycles. The van der Waals surface area contributed by atoms with Crippen molar-refractivity contribution in [3.8, 4) is 11.8 Å². The van der Waals surface area contributed by atoms with Crippen molar-refractivity contribution in [1.82, 2.24) is 4.98 Å². The van der Waals surface area contributed by atoms with E-state index >= 15 is 0 Å². The molecule has 31 heavy (non-hydrogen) atoms. The standard InChI is InChI=1S/C22H23F2N3O.CO2/c1-12(2)27(18-8-9-19(28-13(3)4)21(24)20(18)23)22-14(5)16-7-6-15(11-25)10-17(16)26-22;2-1-3/h6-10,12-13,26H,1-5H3;. The van der Waals surface area contributed by atoms with Crippen LogP contribution in [0, 0.1) is 29.9 Å². The van der Waals surface area contributed by atoms with Crippen LogP contribution in [0.15, 0.2) is 30.3 Å². The minimum Gasteiger partial charge on any atom is -0.488 e. The SMILES string of the molecule is Cc1c(N(c2ccc(OC(C)C)c(F)c2F)C(C)C)[nH]c2cc(C#N)ccc12.O=C=O. The average molecular weight is 427 g/mol. The molecule has 0 fully saturated rings. The van der Waals surface area contributed by atoms with E-state index in [1.54, 1.807) is 30.9 Å². The first kappa shape index (κ1) is 23.6. The molecule has 0 bridgehead atoms. The van der Waals surface area contributed by atoms with Gasteiger partial charge < -0.3 is 14.6 Å². The number of benzene rings is 2. The summed E-state index contributed by atoms with van der Waals surface area (Å²) >= 11 is 0. The lowest BCUT2D eigenvalue weighted by Gasteiger charge is -2.29. The predicted molar refractivity (Wildman–Crippen MR) is 112 cm³/mol. The molecule has 3 aromatic rings. The molecule has 0 saturated carbocycles. The van der Waals surface area contributed by atoms with E-state index in [0.717, 1.165) is 16.5 Å². The maximum Gasteiger partial charge on any atom is 0.373 e. The Hall–Kier alpha value is -3.69. The van der Waals surface area contributed by atoms with Crippen molar-refractivity contribution in [3.05, 3.63) is 53.1 Å². The number of nitrogens with one attached hydrogen (secondary N) is 1. The monoisotopic (exact) mass is 427 g/mol. The van der Waals surface area contributed by atoms with Crippen LogP contribution in [0.25, 0.3) is 10.9 Å². The van der Waals surface area contributed by atoms with E-state index in [-0.39, 0.29) is 29.7 Å². The Balaban J connectivity index is 0.00000107. The van der Waals surface area contributed by atoms with Gasteiger partial charge in [-0.2, -0.15) is 19.2 Å². The fourth-order valence-electron chi connectivity index (χ4n) is 3.34. The second-order valence-electron chi connectivity index (χ2n) is 7.40. The topological polar surface area (TPSA) is 86.2 Å². The summed E-state index contributed by atoms with van der Waals surface area (Å²) in [6.07, 6.45) is -0.00812. The van der Waals surface area contributed by atoms with Gasteiger partial charge in [-0.1, -0.05) is 6.07 Å². The molecule has 0 aliphatic heterocycles. The number of anilines is 2. The van der Waals surface area contributed by atoms with Gasteiger partial charge in [0.25, 0.3) is 0 Å². The van der Waals surface area contributed by atoms with Crippen LogP contribution >= 0.6 is 0 Å². The summed E-state index contributed by atoms with van der Waals surface area (Å²) in [6.45, 7) is 9.24. The normalized spacial score (nSPS) is 10.5. The van der Waals surface area contributed by atoms with E-state index in [1.165, 1.54) is 12.1 Å². The maximum absolute atomic E-state index is 15.0. The predicted octanol–water partition coefficient (Wildman–Crippen LogP) is 5.38. The van der Waals surface area contributed by atoms with Crippen molar-refractivity contribution in [2.24, 2.45) is 0 Å². The number of aromatic amines is 1. The molecule has 0 unspecified atom stereocenters. The van der Waals surface area contributed by atoms with Crippen molar-refractivity contribution in [1.29, 1.82) is 5.26 Å². The minimum atomic E-state index is -1.00. The number of H-pyrrole nitrogens is 1. The van der Waals surface area contributed by atoms with Gasteiger partial charge in [-0.25, -0.2) is 4.39 Å². The number of nitriles is 1. The summed E-state index contributed by atoms with van der Waals surface area (Å²) in [5.41, 5.74) is 2.33. The number of nitrogens with zero attached hydrogens (tertiary/aromatic N) is 2. The lowest BCUT2D eigenvalue weighted by atomic mass is 10.1. The second-order valence-corrected chi connectivity index (χ2v) is 7.40. The number of hydrogen-bond acceptors (Lipinski definition) is 5. The smallest absolute Gasteiger partial charge is 0.373 e. The van der Waals surface area contributed by atoms with E-state index in [2.05, 4.69) is 11.1 Å². The molecule has 3 rings (SSSR count). The van der Waals surface area contributed by atoms with Crippen molar-refractivity contribution in [2.75, 3.05) is 4.90 Å². The number of hydrogen-bond donors (Lipinski definition) is 1. The number of halogens is 2. The second kappa shape index (κ2) is 9.88. The lowest BCUT2D eigenvalue weighted by Crippen LogP contribution is -2.27. The van der Waals surface area contributed by atoms with E-state index in [4.69, 9.17) is 19.6 Å². The Morgan fingerprint density at radius 1 is 1.06 bits per heavy atom. The molecular weight excluding hydrogens is 404 g/mol. The molecule has 2 aromatic carbocycles. The Labute approximate surface area is 179 Å². The van der Waals surface area contributed by atoms with Gasteiger partial charge in [0, 0.05) is 16.9 Å². The first-order chi connectivity index (χ1) is 14.7. The Kier molecular flexibility index (Phi) is 7.51. The summed E-state index contributed by atoms with van der Waals surface area (Å²) in [6, 6.07) is 10.3. The zero-order chi connectivity index (χ0) is 23.3. The van der Waals surface area contributed by atoms with E-state index < -0.39 is 11.6 Å². The van der Waals surface area contributed by atoms with Crippen LogP contribution in [0.5, 0.6) is 5.75 Å². The number of carbonyl (C=O) groups excluding carboxylic acids is 2. The fourth-order valence-corrected chi connectivity index (χ4v) is 3.34. The minimum absolute atomic E-state index is 0.105. The summed E-state index contributed by atoms with van der Waals surface area (Å²) in [4.78, 5) is 21.2. The largest absolute Gasteiger partial charge is 0.488 e. The van der Waals surface area contributed by atoms with Gasteiger partial charge in [-0.15, -0.1) is 0 Å². The third kappa shape index (κ3) is 4.90. The van der Waals surface area contributed by atoms with Crippen LogP contribution < -0.4 is 9.64 Å². The number of aromatic nitrogens is 1. The summed E-state index contributed by atoms with van der Waals surface area (Å²) in [5.74, 6) is -1.40. The zero-order valence-corrected chi connectivity index (χ0v) is 17.9. The Bertz CT molecular complexity index is 1160. The summed E-state index contributed by atoms with van der Waals surface area (Å²) in [7, 11) is 0. The zero-order valence-electron chi connectivity index (χ0n) is 17.9. The molecule has 6 nitrogen and oxygen atoms in total. The summed E-state index contributed by atoms with van der Waals surface area (Å²) in [5, 5.41) is 10.1. The third-order valence-electron chi connectivity index (χ3n) is 4.57. The van der Waals surface area contributed by atoms with Gasteiger partial charge >= 0.3 is 6.15 Å². The molecule has 8 heteroatoms. The van der Waals surface area contributed by atoms with Gasteiger partial charge in [0.1, 0.15) is 5.82 Å². The molecule has 0 amide bonds. The molecule has 0 aliphatic rings. The van der Waals surface area contributed by atoms with Crippen LogP contribution in [-0.4, -0.2) is 23.3 Å². The van der Waals surface area contributed by atoms with Gasteiger partial charge in [0.05, 0.1) is 23.4 Å². The molecule has 0 spiro atoms. The van der Waals surface area contributed by atoms with E-state index in [1.807, 2.05) is 26.8 Å². The van der Waals surface area contributed by atoms with Crippen molar-refractivity contribution in [3.63, 3.8) is 0 Å². The molecule has 1 heterocycles. The average Bonchev–Trinajstić information content (AvgIpc) is 3.03. The molecule has 0 radical (unpaired) electrons. The quantitative estimate of drug-likeness (QED) is 0.591. The van der Waals surface area contributed by atoms with E-state index in [0.29, 0.717) is 11.4 Å². The number of ether oxygens (including phenoxy) is 1. The highest BCUT2D eigenvalue weighted by molar-refractivity contribution is 5.91. The highest BCUT2D eigenvalue weighted by Crippen LogP contribution is 2.38. The Morgan fingerprint density at radius 2 is 1.71 bits per heavy atom. The van der Waals surface area contributed by atoms with Crippen LogP contribution in [0.3, 0.4) is 0 Å². The number of aryl methyl sites for hydroxylation is 1. The molecule has 1 aromatic heterocycles. The Morgan fingerprint density at radius 3 is 2.26 bits per heavy atom. The molecule has 162 valence electrons. The number of rotatable bonds is 5. The van der Waals surface area contributed by atoms with Crippen LogP contribution in [0.4, 0.5) is 20.3 Å². The highest BCUT2D eigenvalue weighted by atomic mass is 19.2. The van der Waals surface area contributed by atoms with Gasteiger partial charge in [-0.3, -0.25) is 0 Å². The van der Waals surface area contributed by atoms with Crippen LogP contribution in [0.2, 0.25) is 0 Å². The lowest BCUT2D eigenvalue weighted by molar-refractivity contribution is -0.191. The van der Waals surface area contributed by atoms with Crippen molar-refractivity contribution in [2.45, 2.75) is 46.8 Å². The first-order valence-corrected chi connectivity index (χ1v) is 9.61. The molecule has 1 N–H and O–H groups in total.